The molecule has 0 spiro atoms. The largest absolute Gasteiger partial charge is 0.486 e. The standard InChI is InChI=1S/C13H20N2O3S/c16-19(17)7-6-12(10-19)18-13-8-14-15(9-13)11-4-2-1-3-5-11/h8-9,11-12H,1-7,10H2. The first-order valence-corrected chi connectivity index (χ1v) is 8.86. The fourth-order valence-electron chi connectivity index (χ4n) is 2.97. The Morgan fingerprint density at radius 3 is 2.68 bits per heavy atom. The number of sulfone groups is 1. The van der Waals surface area contributed by atoms with Crippen molar-refractivity contribution >= 4 is 9.84 Å². The normalized spacial score (nSPS) is 27.5. The van der Waals surface area contributed by atoms with Crippen LogP contribution in [0.5, 0.6) is 5.75 Å². The summed E-state index contributed by atoms with van der Waals surface area (Å²) in [5.74, 6) is 1.09. The Morgan fingerprint density at radius 1 is 1.21 bits per heavy atom. The van der Waals surface area contributed by atoms with Crippen molar-refractivity contribution in [1.29, 1.82) is 0 Å². The van der Waals surface area contributed by atoms with Gasteiger partial charge in [0.15, 0.2) is 15.6 Å². The molecule has 1 aliphatic carbocycles. The van der Waals surface area contributed by atoms with Gasteiger partial charge in [-0.3, -0.25) is 4.68 Å². The van der Waals surface area contributed by atoms with Gasteiger partial charge in [0, 0.05) is 0 Å². The number of rotatable bonds is 3. The molecule has 2 heterocycles. The van der Waals surface area contributed by atoms with Crippen molar-refractivity contribution in [3.8, 4) is 5.75 Å². The van der Waals surface area contributed by atoms with Crippen LogP contribution in [0.3, 0.4) is 0 Å². The van der Waals surface area contributed by atoms with E-state index >= 15 is 0 Å². The number of nitrogens with zero attached hydrogens (tertiary/aromatic N) is 2. The zero-order valence-corrected chi connectivity index (χ0v) is 11.8. The fourth-order valence-corrected chi connectivity index (χ4v) is 4.56. The molecule has 0 bridgehead atoms. The Hall–Kier alpha value is -1.04. The van der Waals surface area contributed by atoms with Crippen LogP contribution in [0.2, 0.25) is 0 Å². The Morgan fingerprint density at radius 2 is 2.00 bits per heavy atom. The molecule has 5 nitrogen and oxygen atoms in total. The maximum absolute atomic E-state index is 11.4. The second kappa shape index (κ2) is 5.15. The molecular formula is C13H20N2O3S. The minimum absolute atomic E-state index is 0.140. The van der Waals surface area contributed by atoms with Crippen LogP contribution in [0, 0.1) is 0 Å². The lowest BCUT2D eigenvalue weighted by Crippen LogP contribution is -2.17. The lowest BCUT2D eigenvalue weighted by atomic mass is 9.96. The van der Waals surface area contributed by atoms with Crippen molar-refractivity contribution in [3.63, 3.8) is 0 Å². The summed E-state index contributed by atoms with van der Waals surface area (Å²) < 4.78 is 30.5. The lowest BCUT2D eigenvalue weighted by Gasteiger charge is -2.21. The minimum Gasteiger partial charge on any atom is -0.486 e. The number of ether oxygens (including phenoxy) is 1. The third-order valence-corrected chi connectivity index (χ3v) is 5.76. The van der Waals surface area contributed by atoms with Crippen LogP contribution in [0.25, 0.3) is 0 Å². The highest BCUT2D eigenvalue weighted by molar-refractivity contribution is 7.91. The van der Waals surface area contributed by atoms with Crippen LogP contribution in [0.15, 0.2) is 12.4 Å². The Bertz CT molecular complexity index is 532. The third kappa shape index (κ3) is 3.11. The summed E-state index contributed by atoms with van der Waals surface area (Å²) in [7, 11) is -2.88. The van der Waals surface area contributed by atoms with Gasteiger partial charge in [-0.25, -0.2) is 8.42 Å². The lowest BCUT2D eigenvalue weighted by molar-refractivity contribution is 0.228. The Kier molecular flexibility index (Phi) is 3.52. The first kappa shape index (κ1) is 13.0. The molecule has 1 atom stereocenters. The molecule has 3 rings (SSSR count). The van der Waals surface area contributed by atoms with E-state index in [2.05, 4.69) is 5.10 Å². The zero-order valence-electron chi connectivity index (χ0n) is 11.0. The summed E-state index contributed by atoms with van der Waals surface area (Å²) >= 11 is 0. The molecule has 19 heavy (non-hydrogen) atoms. The van der Waals surface area contributed by atoms with Crippen molar-refractivity contribution in [3.05, 3.63) is 12.4 Å². The average molecular weight is 284 g/mol. The van der Waals surface area contributed by atoms with Gasteiger partial charge in [-0.05, 0) is 19.3 Å². The van der Waals surface area contributed by atoms with E-state index in [9.17, 15) is 8.42 Å². The third-order valence-electron chi connectivity index (χ3n) is 4.02. The van der Waals surface area contributed by atoms with Crippen molar-refractivity contribution in [2.24, 2.45) is 0 Å². The van der Waals surface area contributed by atoms with Crippen molar-refractivity contribution < 1.29 is 13.2 Å². The van der Waals surface area contributed by atoms with Gasteiger partial charge < -0.3 is 4.74 Å². The highest BCUT2D eigenvalue weighted by atomic mass is 32.2. The van der Waals surface area contributed by atoms with Gasteiger partial charge in [0.1, 0.15) is 6.10 Å². The van der Waals surface area contributed by atoms with Crippen LogP contribution in [-0.2, 0) is 9.84 Å². The first-order chi connectivity index (χ1) is 9.12. The molecule has 0 amide bonds. The van der Waals surface area contributed by atoms with Crippen LogP contribution < -0.4 is 4.74 Å². The summed E-state index contributed by atoms with van der Waals surface area (Å²) in [4.78, 5) is 0. The van der Waals surface area contributed by atoms with Gasteiger partial charge in [0.05, 0.1) is 29.9 Å². The molecular weight excluding hydrogens is 264 g/mol. The molecule has 1 saturated carbocycles. The van der Waals surface area contributed by atoms with Gasteiger partial charge in [0.25, 0.3) is 0 Å². The predicted octanol–water partition coefficient (Wildman–Crippen LogP) is 1.95. The van der Waals surface area contributed by atoms with E-state index in [1.54, 1.807) is 6.20 Å². The van der Waals surface area contributed by atoms with E-state index in [0.29, 0.717) is 18.2 Å². The summed E-state index contributed by atoms with van der Waals surface area (Å²) in [6.07, 6.45) is 10.2. The maximum atomic E-state index is 11.4. The van der Waals surface area contributed by atoms with Gasteiger partial charge in [-0.1, -0.05) is 19.3 Å². The van der Waals surface area contributed by atoms with E-state index in [4.69, 9.17) is 4.74 Å². The predicted molar refractivity (Wildman–Crippen MR) is 72.0 cm³/mol. The summed E-state index contributed by atoms with van der Waals surface area (Å²) in [5.41, 5.74) is 0. The second-order valence-corrected chi connectivity index (χ2v) is 7.82. The molecule has 1 aromatic heterocycles. The second-order valence-electron chi connectivity index (χ2n) is 5.59. The summed E-state index contributed by atoms with van der Waals surface area (Å²) in [6.45, 7) is 0. The molecule has 0 radical (unpaired) electrons. The van der Waals surface area contributed by atoms with E-state index < -0.39 is 9.84 Å². The topological polar surface area (TPSA) is 61.2 Å². The molecule has 106 valence electrons. The fraction of sp³-hybridized carbons (Fsp3) is 0.769. The number of hydrogen-bond acceptors (Lipinski definition) is 4. The van der Waals surface area contributed by atoms with Gasteiger partial charge in [0.2, 0.25) is 0 Å². The van der Waals surface area contributed by atoms with Gasteiger partial charge >= 0.3 is 0 Å². The van der Waals surface area contributed by atoms with E-state index in [-0.39, 0.29) is 17.6 Å². The number of hydrogen-bond donors (Lipinski definition) is 0. The monoisotopic (exact) mass is 284 g/mol. The Labute approximate surface area is 113 Å². The van der Waals surface area contributed by atoms with Crippen molar-refractivity contribution in [2.45, 2.75) is 50.7 Å². The van der Waals surface area contributed by atoms with Crippen LogP contribution in [0.1, 0.15) is 44.6 Å². The molecule has 1 aliphatic heterocycles. The van der Waals surface area contributed by atoms with Gasteiger partial charge in [-0.15, -0.1) is 0 Å². The molecule has 6 heteroatoms. The van der Waals surface area contributed by atoms with Gasteiger partial charge in [-0.2, -0.15) is 5.10 Å². The van der Waals surface area contributed by atoms with E-state index in [0.717, 1.165) is 0 Å². The SMILES string of the molecule is O=S1(=O)CCC(Oc2cnn(C3CCCCC3)c2)C1. The molecule has 2 fully saturated rings. The zero-order chi connectivity index (χ0) is 13.3. The molecule has 0 N–H and O–H groups in total. The molecule has 1 saturated heterocycles. The molecule has 1 unspecified atom stereocenters. The van der Waals surface area contributed by atoms with Crippen LogP contribution in [-0.4, -0.2) is 35.8 Å². The van der Waals surface area contributed by atoms with E-state index in [1.165, 1.54) is 32.1 Å². The quantitative estimate of drug-likeness (QED) is 0.851. The average Bonchev–Trinajstić information content (AvgIpc) is 2.98. The highest BCUT2D eigenvalue weighted by Crippen LogP contribution is 2.29. The maximum Gasteiger partial charge on any atom is 0.157 e. The Balaban J connectivity index is 1.62. The molecule has 1 aromatic rings. The summed E-state index contributed by atoms with van der Waals surface area (Å²) in [6, 6.07) is 0.485. The highest BCUT2D eigenvalue weighted by Gasteiger charge is 2.29. The summed E-state index contributed by atoms with van der Waals surface area (Å²) in [5, 5.41) is 4.36. The van der Waals surface area contributed by atoms with Crippen LogP contribution >= 0.6 is 0 Å². The minimum atomic E-state index is -2.88. The smallest absolute Gasteiger partial charge is 0.157 e. The number of aromatic nitrogens is 2. The van der Waals surface area contributed by atoms with Crippen molar-refractivity contribution in [2.75, 3.05) is 11.5 Å². The van der Waals surface area contributed by atoms with Crippen molar-refractivity contribution in [1.82, 2.24) is 9.78 Å². The molecule has 2 aliphatic rings. The first-order valence-electron chi connectivity index (χ1n) is 7.04. The molecule has 0 aromatic carbocycles. The van der Waals surface area contributed by atoms with E-state index in [1.807, 2.05) is 10.9 Å². The van der Waals surface area contributed by atoms with Crippen LogP contribution in [0.4, 0.5) is 0 Å².